The van der Waals surface area contributed by atoms with Gasteiger partial charge in [0.15, 0.2) is 0 Å². The van der Waals surface area contributed by atoms with Crippen molar-refractivity contribution in [2.24, 2.45) is 0 Å². The third-order valence-corrected chi connectivity index (χ3v) is 2.70. The van der Waals surface area contributed by atoms with Gasteiger partial charge in [0.2, 0.25) is 0 Å². The molecule has 0 amide bonds. The highest BCUT2D eigenvalue weighted by Crippen LogP contribution is 2.11. The molecule has 0 saturated heterocycles. The van der Waals surface area contributed by atoms with Crippen LogP contribution in [0.1, 0.15) is 5.56 Å². The molecule has 1 N–H and O–H groups in total. The molecule has 0 aliphatic carbocycles. The summed E-state index contributed by atoms with van der Waals surface area (Å²) in [6.45, 7) is 3.61. The molecule has 1 aromatic heterocycles. The highest BCUT2D eigenvalue weighted by atomic mass is 16.1. The number of hydrogen-bond donors (Lipinski definition) is 1. The summed E-state index contributed by atoms with van der Waals surface area (Å²) in [5.74, 6) is 0. The third kappa shape index (κ3) is 2.02. The molecule has 16 heavy (non-hydrogen) atoms. The smallest absolute Gasteiger partial charge is 0.308 e. The molecule has 4 nitrogen and oxygen atoms in total. The van der Waals surface area contributed by atoms with Crippen LogP contribution in [0.25, 0.3) is 11.0 Å². The van der Waals surface area contributed by atoms with Crippen LogP contribution >= 0.6 is 0 Å². The minimum Gasteiger partial charge on any atom is -0.308 e. The average Bonchev–Trinajstić information content (AvgIpc) is 2.51. The predicted octanol–water partition coefficient (Wildman–Crippen LogP) is 1.20. The van der Waals surface area contributed by atoms with Gasteiger partial charge in [0.05, 0.1) is 11.0 Å². The van der Waals surface area contributed by atoms with E-state index in [0.717, 1.165) is 24.1 Å². The van der Waals surface area contributed by atoms with Gasteiger partial charge in [-0.25, -0.2) is 4.79 Å². The van der Waals surface area contributed by atoms with Crippen LogP contribution in [0.3, 0.4) is 0 Å². The van der Waals surface area contributed by atoms with Crippen molar-refractivity contribution in [1.29, 1.82) is 0 Å². The van der Waals surface area contributed by atoms with Gasteiger partial charge in [0, 0.05) is 13.1 Å². The largest absolute Gasteiger partial charge is 0.326 e. The van der Waals surface area contributed by atoms with Crippen molar-refractivity contribution in [3.8, 4) is 0 Å². The number of fused-ring (bicyclic) bond motifs is 1. The minimum absolute atomic E-state index is 0.0255. The maximum Gasteiger partial charge on any atom is 0.326 e. The van der Waals surface area contributed by atoms with Gasteiger partial charge in [-0.2, -0.15) is 0 Å². The van der Waals surface area contributed by atoms with E-state index in [4.69, 9.17) is 0 Å². The van der Waals surface area contributed by atoms with Crippen LogP contribution in [0, 0.1) is 6.92 Å². The van der Waals surface area contributed by atoms with E-state index >= 15 is 0 Å². The number of H-pyrrole nitrogens is 1. The first-order valence-electron chi connectivity index (χ1n) is 5.42. The van der Waals surface area contributed by atoms with Gasteiger partial charge in [0.25, 0.3) is 0 Å². The molecule has 4 heteroatoms. The normalized spacial score (nSPS) is 11.5. The summed E-state index contributed by atoms with van der Waals surface area (Å²) >= 11 is 0. The molecule has 0 radical (unpaired) electrons. The Kier molecular flexibility index (Phi) is 2.83. The van der Waals surface area contributed by atoms with E-state index in [0.29, 0.717) is 0 Å². The van der Waals surface area contributed by atoms with Crippen molar-refractivity contribution in [2.75, 3.05) is 20.6 Å². The van der Waals surface area contributed by atoms with Gasteiger partial charge in [-0.3, -0.25) is 4.57 Å². The van der Waals surface area contributed by atoms with E-state index in [1.807, 2.05) is 39.2 Å². The molecule has 0 bridgehead atoms. The molecular formula is C12H17N3O. The molecule has 0 atom stereocenters. The molecule has 0 saturated carbocycles. The van der Waals surface area contributed by atoms with E-state index in [2.05, 4.69) is 9.88 Å². The standard InChI is InChI=1S/C12H17N3O/c1-9-4-5-10-11(8-9)15(12(16)13-10)7-6-14(2)3/h4-5,8H,6-7H2,1-3H3,(H,13,16). The van der Waals surface area contributed by atoms with Gasteiger partial charge in [-0.05, 0) is 38.7 Å². The summed E-state index contributed by atoms with van der Waals surface area (Å²) in [7, 11) is 4.01. The second-order valence-corrected chi connectivity index (χ2v) is 4.41. The van der Waals surface area contributed by atoms with Crippen LogP contribution < -0.4 is 5.69 Å². The first-order chi connectivity index (χ1) is 7.58. The summed E-state index contributed by atoms with van der Waals surface area (Å²) in [4.78, 5) is 16.7. The number of likely N-dealkylation sites (N-methyl/N-ethyl adjacent to an activating group) is 1. The number of benzene rings is 1. The maximum atomic E-state index is 11.8. The molecule has 0 aliphatic heterocycles. The van der Waals surface area contributed by atoms with E-state index in [1.165, 1.54) is 5.56 Å². The van der Waals surface area contributed by atoms with Crippen LogP contribution in [0.4, 0.5) is 0 Å². The number of rotatable bonds is 3. The van der Waals surface area contributed by atoms with Crippen LogP contribution in [0.15, 0.2) is 23.0 Å². The number of nitrogens with zero attached hydrogens (tertiary/aromatic N) is 2. The fraction of sp³-hybridized carbons (Fsp3) is 0.417. The van der Waals surface area contributed by atoms with E-state index in [-0.39, 0.29) is 5.69 Å². The SMILES string of the molecule is Cc1ccc2[nH]c(=O)n(CCN(C)C)c2c1. The number of aryl methyl sites for hydroxylation is 1. The number of hydrogen-bond acceptors (Lipinski definition) is 2. The van der Waals surface area contributed by atoms with Gasteiger partial charge in [-0.1, -0.05) is 6.07 Å². The summed E-state index contributed by atoms with van der Waals surface area (Å²) in [6.07, 6.45) is 0. The lowest BCUT2D eigenvalue weighted by molar-refractivity contribution is 0.384. The third-order valence-electron chi connectivity index (χ3n) is 2.70. The van der Waals surface area contributed by atoms with E-state index in [9.17, 15) is 4.79 Å². The fourth-order valence-corrected chi connectivity index (χ4v) is 1.78. The molecule has 2 aromatic rings. The van der Waals surface area contributed by atoms with Crippen molar-refractivity contribution < 1.29 is 0 Å². The van der Waals surface area contributed by atoms with Crippen molar-refractivity contribution >= 4 is 11.0 Å². The van der Waals surface area contributed by atoms with Gasteiger partial charge < -0.3 is 9.88 Å². The van der Waals surface area contributed by atoms with Crippen LogP contribution in [-0.2, 0) is 6.54 Å². The molecule has 0 aliphatic rings. The topological polar surface area (TPSA) is 41.0 Å². The Morgan fingerprint density at radius 2 is 2.12 bits per heavy atom. The number of nitrogens with one attached hydrogen (secondary N) is 1. The number of aromatic amines is 1. The summed E-state index contributed by atoms with van der Waals surface area (Å²) in [6, 6.07) is 6.01. The van der Waals surface area contributed by atoms with E-state index < -0.39 is 0 Å². The number of aromatic nitrogens is 2. The zero-order valence-corrected chi connectivity index (χ0v) is 9.95. The van der Waals surface area contributed by atoms with Crippen LogP contribution in [0.5, 0.6) is 0 Å². The lowest BCUT2D eigenvalue weighted by Crippen LogP contribution is -2.24. The molecule has 0 unspecified atom stereocenters. The van der Waals surface area contributed by atoms with Gasteiger partial charge >= 0.3 is 5.69 Å². The molecule has 2 rings (SSSR count). The summed E-state index contributed by atoms with van der Waals surface area (Å²) in [5.41, 5.74) is 3.05. The molecule has 86 valence electrons. The summed E-state index contributed by atoms with van der Waals surface area (Å²) in [5, 5.41) is 0. The maximum absolute atomic E-state index is 11.8. The van der Waals surface area contributed by atoms with Crippen LogP contribution in [-0.4, -0.2) is 35.1 Å². The zero-order valence-electron chi connectivity index (χ0n) is 9.95. The molecule has 1 aromatic carbocycles. The molecule has 0 spiro atoms. The Bertz CT molecular complexity index is 551. The lowest BCUT2D eigenvalue weighted by Gasteiger charge is -2.09. The Morgan fingerprint density at radius 1 is 1.38 bits per heavy atom. The highest BCUT2D eigenvalue weighted by molar-refractivity contribution is 5.75. The van der Waals surface area contributed by atoms with E-state index in [1.54, 1.807) is 4.57 Å². The fourth-order valence-electron chi connectivity index (χ4n) is 1.78. The van der Waals surface area contributed by atoms with Crippen molar-refractivity contribution in [2.45, 2.75) is 13.5 Å². The van der Waals surface area contributed by atoms with Gasteiger partial charge in [-0.15, -0.1) is 0 Å². The summed E-state index contributed by atoms with van der Waals surface area (Å²) < 4.78 is 1.79. The van der Waals surface area contributed by atoms with Crippen molar-refractivity contribution in [3.05, 3.63) is 34.2 Å². The second kappa shape index (κ2) is 4.14. The van der Waals surface area contributed by atoms with Crippen molar-refractivity contribution in [3.63, 3.8) is 0 Å². The first kappa shape index (κ1) is 11.0. The Morgan fingerprint density at radius 3 is 2.81 bits per heavy atom. The monoisotopic (exact) mass is 219 g/mol. The Hall–Kier alpha value is -1.55. The second-order valence-electron chi connectivity index (χ2n) is 4.41. The molecular weight excluding hydrogens is 202 g/mol. The molecule has 0 fully saturated rings. The average molecular weight is 219 g/mol. The highest BCUT2D eigenvalue weighted by Gasteiger charge is 2.06. The minimum atomic E-state index is -0.0255. The van der Waals surface area contributed by atoms with Gasteiger partial charge in [0.1, 0.15) is 0 Å². The van der Waals surface area contributed by atoms with Crippen LogP contribution in [0.2, 0.25) is 0 Å². The lowest BCUT2D eigenvalue weighted by atomic mass is 10.2. The zero-order chi connectivity index (χ0) is 11.7. The number of imidazole rings is 1. The van der Waals surface area contributed by atoms with Crippen molar-refractivity contribution in [1.82, 2.24) is 14.5 Å². The quantitative estimate of drug-likeness (QED) is 0.842. The predicted molar refractivity (Wildman–Crippen MR) is 65.8 cm³/mol. The Balaban J connectivity index is 2.46. The molecule has 1 heterocycles. The first-order valence-corrected chi connectivity index (χ1v) is 5.42. The Labute approximate surface area is 94.5 Å².